The number of anilines is 1. The molecule has 1 amide bonds. The summed E-state index contributed by atoms with van der Waals surface area (Å²) in [6.45, 7) is 0.504. The van der Waals surface area contributed by atoms with Gasteiger partial charge in [-0.25, -0.2) is 4.98 Å². The lowest BCUT2D eigenvalue weighted by molar-refractivity contribution is 0.0954. The van der Waals surface area contributed by atoms with Gasteiger partial charge in [0.25, 0.3) is 5.91 Å². The molecule has 1 aromatic carbocycles. The third-order valence-corrected chi connectivity index (χ3v) is 3.28. The second-order valence-electron chi connectivity index (χ2n) is 4.44. The van der Waals surface area contributed by atoms with Crippen molar-refractivity contribution in [2.75, 3.05) is 19.4 Å². The summed E-state index contributed by atoms with van der Waals surface area (Å²) in [5.74, 6) is 0.809. The molecule has 0 saturated heterocycles. The number of benzene rings is 1. The van der Waals surface area contributed by atoms with Crippen molar-refractivity contribution >= 4 is 23.3 Å². The predicted octanol–water partition coefficient (Wildman–Crippen LogP) is 2.30. The van der Waals surface area contributed by atoms with Crippen LogP contribution >= 0.6 is 11.6 Å². The number of nitrogens with one attached hydrogen (secondary N) is 1. The number of hydrogen-bond donors (Lipinski definition) is 2. The Morgan fingerprint density at radius 3 is 2.76 bits per heavy atom. The Hall–Kier alpha value is -2.27. The fraction of sp³-hybridized carbons (Fsp3) is 0.200. The van der Waals surface area contributed by atoms with Crippen LogP contribution in [0, 0.1) is 0 Å². The number of carbonyl (C=O) groups excluding carboxylic acids is 1. The predicted molar refractivity (Wildman–Crippen MR) is 82.7 cm³/mol. The molecule has 2 rings (SSSR count). The second-order valence-corrected chi connectivity index (χ2v) is 4.85. The number of pyridine rings is 1. The van der Waals surface area contributed by atoms with Crippen LogP contribution in [0.4, 0.5) is 5.82 Å². The summed E-state index contributed by atoms with van der Waals surface area (Å²) in [5, 5.41) is 3.09. The molecule has 0 aliphatic carbocycles. The fourth-order valence-corrected chi connectivity index (χ4v) is 2.03. The molecule has 0 unspecified atom stereocenters. The van der Waals surface area contributed by atoms with Crippen LogP contribution in [0.2, 0.25) is 5.02 Å². The summed E-state index contributed by atoms with van der Waals surface area (Å²) in [5.41, 5.74) is 6.99. The van der Waals surface area contributed by atoms with Crippen LogP contribution in [0.25, 0.3) is 0 Å². The van der Waals surface area contributed by atoms with Gasteiger partial charge >= 0.3 is 0 Å². The summed E-state index contributed by atoms with van der Waals surface area (Å²) >= 11 is 5.93. The third kappa shape index (κ3) is 4.10. The zero-order chi connectivity index (χ0) is 15.2. The molecule has 0 bridgehead atoms. The Morgan fingerprint density at radius 2 is 2.10 bits per heavy atom. The van der Waals surface area contributed by atoms with Crippen LogP contribution in [0.5, 0.6) is 5.75 Å². The van der Waals surface area contributed by atoms with Gasteiger partial charge in [0.15, 0.2) is 0 Å². The molecule has 0 spiro atoms. The average molecular weight is 306 g/mol. The number of rotatable bonds is 5. The number of aromatic nitrogens is 1. The van der Waals surface area contributed by atoms with Gasteiger partial charge in [0.05, 0.1) is 17.7 Å². The number of nitrogens with zero attached hydrogens (tertiary/aromatic N) is 1. The van der Waals surface area contributed by atoms with E-state index in [1.807, 2.05) is 24.3 Å². The van der Waals surface area contributed by atoms with Gasteiger partial charge in [-0.1, -0.05) is 23.7 Å². The lowest BCUT2D eigenvalue weighted by Crippen LogP contribution is -2.26. The molecule has 110 valence electrons. The molecule has 0 aliphatic rings. The van der Waals surface area contributed by atoms with E-state index in [1.54, 1.807) is 7.11 Å². The zero-order valence-electron chi connectivity index (χ0n) is 11.6. The Bertz CT molecular complexity index is 629. The summed E-state index contributed by atoms with van der Waals surface area (Å²) in [6.07, 6.45) is 2.09. The first-order valence-corrected chi connectivity index (χ1v) is 6.80. The quantitative estimate of drug-likeness (QED) is 0.888. The maximum atomic E-state index is 12.0. The van der Waals surface area contributed by atoms with Gasteiger partial charge in [0.2, 0.25) is 0 Å². The minimum absolute atomic E-state index is 0.261. The van der Waals surface area contributed by atoms with E-state index in [1.165, 1.54) is 12.3 Å². The maximum absolute atomic E-state index is 12.0. The SMILES string of the molecule is COc1ccc(CCNC(=O)c2cc(N)ncc2Cl)cc1. The van der Waals surface area contributed by atoms with Crippen LogP contribution in [-0.2, 0) is 6.42 Å². The number of nitrogens with two attached hydrogens (primary N) is 1. The molecule has 1 aromatic heterocycles. The average Bonchev–Trinajstić information content (AvgIpc) is 2.50. The van der Waals surface area contributed by atoms with Gasteiger partial charge in [-0.05, 0) is 30.2 Å². The molecule has 0 aliphatic heterocycles. The van der Waals surface area contributed by atoms with Crippen molar-refractivity contribution in [1.29, 1.82) is 0 Å². The first-order valence-electron chi connectivity index (χ1n) is 6.42. The van der Waals surface area contributed by atoms with Crippen molar-refractivity contribution in [3.05, 3.63) is 52.7 Å². The van der Waals surface area contributed by atoms with Gasteiger partial charge < -0.3 is 15.8 Å². The largest absolute Gasteiger partial charge is 0.497 e. The van der Waals surface area contributed by atoms with Crippen molar-refractivity contribution in [2.24, 2.45) is 0 Å². The Morgan fingerprint density at radius 1 is 1.38 bits per heavy atom. The zero-order valence-corrected chi connectivity index (χ0v) is 12.4. The van der Waals surface area contributed by atoms with Crippen LogP contribution in [0.15, 0.2) is 36.5 Å². The topological polar surface area (TPSA) is 77.2 Å². The van der Waals surface area contributed by atoms with E-state index in [9.17, 15) is 4.79 Å². The molecular weight excluding hydrogens is 290 g/mol. The van der Waals surface area contributed by atoms with Crippen LogP contribution in [0.1, 0.15) is 15.9 Å². The van der Waals surface area contributed by atoms with Crippen LogP contribution in [0.3, 0.4) is 0 Å². The van der Waals surface area contributed by atoms with E-state index in [0.717, 1.165) is 11.3 Å². The highest BCUT2D eigenvalue weighted by Crippen LogP contribution is 2.16. The summed E-state index contributed by atoms with van der Waals surface area (Å²) in [4.78, 5) is 15.8. The van der Waals surface area contributed by atoms with E-state index >= 15 is 0 Å². The minimum atomic E-state index is -0.261. The van der Waals surface area contributed by atoms with E-state index in [4.69, 9.17) is 22.1 Å². The number of amides is 1. The fourth-order valence-electron chi connectivity index (χ4n) is 1.84. The number of ether oxygens (including phenoxy) is 1. The highest BCUT2D eigenvalue weighted by molar-refractivity contribution is 6.33. The van der Waals surface area contributed by atoms with Crippen molar-refractivity contribution in [1.82, 2.24) is 10.3 Å². The van der Waals surface area contributed by atoms with Crippen molar-refractivity contribution in [2.45, 2.75) is 6.42 Å². The van der Waals surface area contributed by atoms with Gasteiger partial charge in [-0.2, -0.15) is 0 Å². The molecule has 5 nitrogen and oxygen atoms in total. The van der Waals surface area contributed by atoms with E-state index in [2.05, 4.69) is 10.3 Å². The summed E-state index contributed by atoms with van der Waals surface area (Å²) in [6, 6.07) is 9.16. The third-order valence-electron chi connectivity index (χ3n) is 2.98. The number of halogens is 1. The van der Waals surface area contributed by atoms with E-state index < -0.39 is 0 Å². The molecular formula is C15H16ClN3O2. The lowest BCUT2D eigenvalue weighted by atomic mass is 10.1. The van der Waals surface area contributed by atoms with Gasteiger partial charge in [0, 0.05) is 12.7 Å². The van der Waals surface area contributed by atoms with Crippen molar-refractivity contribution in [3.63, 3.8) is 0 Å². The Balaban J connectivity index is 1.90. The molecule has 1 heterocycles. The van der Waals surface area contributed by atoms with E-state index in [-0.39, 0.29) is 16.7 Å². The van der Waals surface area contributed by atoms with Gasteiger partial charge in [-0.3, -0.25) is 4.79 Å². The minimum Gasteiger partial charge on any atom is -0.497 e. The highest BCUT2D eigenvalue weighted by Gasteiger charge is 2.10. The van der Waals surface area contributed by atoms with Gasteiger partial charge in [-0.15, -0.1) is 0 Å². The summed E-state index contributed by atoms with van der Waals surface area (Å²) in [7, 11) is 1.62. The first-order chi connectivity index (χ1) is 10.1. The molecule has 0 saturated carbocycles. The molecule has 0 radical (unpaired) electrons. The number of nitrogen functional groups attached to an aromatic ring is 1. The number of hydrogen-bond acceptors (Lipinski definition) is 4. The molecule has 0 fully saturated rings. The maximum Gasteiger partial charge on any atom is 0.253 e. The van der Waals surface area contributed by atoms with Crippen LogP contribution in [-0.4, -0.2) is 24.5 Å². The van der Waals surface area contributed by atoms with Gasteiger partial charge in [0.1, 0.15) is 11.6 Å². The van der Waals surface area contributed by atoms with Crippen molar-refractivity contribution in [3.8, 4) is 5.75 Å². The molecule has 6 heteroatoms. The highest BCUT2D eigenvalue weighted by atomic mass is 35.5. The van der Waals surface area contributed by atoms with E-state index in [0.29, 0.717) is 18.5 Å². The molecule has 21 heavy (non-hydrogen) atoms. The monoisotopic (exact) mass is 305 g/mol. The molecule has 2 aromatic rings. The standard InChI is InChI=1S/C15H16ClN3O2/c1-21-11-4-2-10(3-5-11)6-7-18-15(20)12-8-14(17)19-9-13(12)16/h2-5,8-9H,6-7H2,1H3,(H2,17,19)(H,18,20). The lowest BCUT2D eigenvalue weighted by Gasteiger charge is -2.08. The normalized spacial score (nSPS) is 10.2. The Labute approximate surface area is 128 Å². The van der Waals surface area contributed by atoms with Crippen LogP contribution < -0.4 is 15.8 Å². The summed E-state index contributed by atoms with van der Waals surface area (Å²) < 4.78 is 5.09. The second kappa shape index (κ2) is 6.95. The molecule has 3 N–H and O–H groups in total. The molecule has 0 atom stereocenters. The number of carbonyl (C=O) groups is 1. The van der Waals surface area contributed by atoms with Crippen molar-refractivity contribution < 1.29 is 9.53 Å². The Kier molecular flexibility index (Phi) is 5.00. The smallest absolute Gasteiger partial charge is 0.253 e. The first kappa shape index (κ1) is 15.1. The number of methoxy groups -OCH3 is 1.